The molecular formula is C26H29ClN2O5S. The summed E-state index contributed by atoms with van der Waals surface area (Å²) in [7, 11) is -3.87. The van der Waals surface area contributed by atoms with Crippen molar-refractivity contribution in [1.29, 1.82) is 0 Å². The Balaban J connectivity index is 1.62. The lowest BCUT2D eigenvalue weighted by Crippen LogP contribution is -2.23. The zero-order valence-electron chi connectivity index (χ0n) is 19.4. The van der Waals surface area contributed by atoms with E-state index in [1.54, 1.807) is 30.3 Å². The molecule has 0 aliphatic heterocycles. The minimum atomic E-state index is -3.87. The summed E-state index contributed by atoms with van der Waals surface area (Å²) in [6, 6.07) is 17.7. The largest absolute Gasteiger partial charge is 0.478 e. The number of carboxylic acids is 1. The average molecular weight is 517 g/mol. The molecule has 0 aromatic heterocycles. The number of hydrogen-bond acceptors (Lipinski definition) is 6. The molecule has 0 heterocycles. The van der Waals surface area contributed by atoms with Crippen LogP contribution in [0.1, 0.15) is 40.9 Å². The molecule has 3 aromatic carbocycles. The lowest BCUT2D eigenvalue weighted by Gasteiger charge is -2.13. The van der Waals surface area contributed by atoms with Crippen LogP contribution >= 0.6 is 11.6 Å². The molecule has 0 saturated heterocycles. The molecule has 0 aliphatic carbocycles. The van der Waals surface area contributed by atoms with Gasteiger partial charge in [0.2, 0.25) is 9.84 Å². The van der Waals surface area contributed by atoms with Gasteiger partial charge in [0, 0.05) is 23.8 Å². The van der Waals surface area contributed by atoms with Crippen LogP contribution in [0.3, 0.4) is 0 Å². The van der Waals surface area contributed by atoms with Crippen molar-refractivity contribution in [2.75, 3.05) is 25.0 Å². The molecule has 0 fully saturated rings. The third-order valence-electron chi connectivity index (χ3n) is 5.49. The predicted molar refractivity (Wildman–Crippen MR) is 137 cm³/mol. The monoisotopic (exact) mass is 516 g/mol. The third kappa shape index (κ3) is 7.05. The first-order chi connectivity index (χ1) is 16.7. The number of aliphatic hydroxyl groups is 1. The summed E-state index contributed by atoms with van der Waals surface area (Å²) in [5.74, 6) is -1.19. The summed E-state index contributed by atoms with van der Waals surface area (Å²) in [6.07, 6.45) is 0.771. The zero-order valence-corrected chi connectivity index (χ0v) is 20.9. The number of sulfone groups is 1. The summed E-state index contributed by atoms with van der Waals surface area (Å²) in [5.41, 5.74) is 1.97. The maximum atomic E-state index is 13.1. The van der Waals surface area contributed by atoms with Crippen LogP contribution in [0, 0.1) is 0 Å². The van der Waals surface area contributed by atoms with Gasteiger partial charge in [-0.05, 0) is 73.0 Å². The summed E-state index contributed by atoms with van der Waals surface area (Å²) in [6.45, 7) is 3.50. The summed E-state index contributed by atoms with van der Waals surface area (Å²) < 4.78 is 26.2. The first kappa shape index (κ1) is 26.7. The van der Waals surface area contributed by atoms with E-state index in [1.807, 2.05) is 13.0 Å². The maximum absolute atomic E-state index is 13.1. The first-order valence-electron chi connectivity index (χ1n) is 11.3. The molecule has 0 radical (unpaired) electrons. The van der Waals surface area contributed by atoms with Gasteiger partial charge in [-0.1, -0.05) is 42.8 Å². The number of carboxylic acid groups (broad SMARTS) is 1. The molecule has 7 nitrogen and oxygen atoms in total. The standard InChI is InChI=1S/C26H29ClN2O5S/c1-2-13-29-24-11-10-22(16-23(24)26(31)32)35(33,34)21-8-6-18(7-9-21)12-14-28-17-25(30)19-4-3-5-20(27)15-19/h3-11,15-16,25,28-30H,2,12-14,17H2,1H3,(H,31,32)/t25-/m1/s1. The molecule has 0 spiro atoms. The fraction of sp³-hybridized carbons (Fsp3) is 0.269. The van der Waals surface area contributed by atoms with E-state index in [9.17, 15) is 23.4 Å². The fourth-order valence-electron chi connectivity index (χ4n) is 3.56. The van der Waals surface area contributed by atoms with E-state index in [-0.39, 0.29) is 15.4 Å². The number of halogens is 1. The predicted octanol–water partition coefficient (Wildman–Crippen LogP) is 4.56. The number of carbonyl (C=O) groups is 1. The van der Waals surface area contributed by atoms with Gasteiger partial charge in [-0.15, -0.1) is 0 Å². The second-order valence-corrected chi connectivity index (χ2v) is 10.5. The number of rotatable bonds is 12. The number of aliphatic hydroxyl groups excluding tert-OH is 1. The van der Waals surface area contributed by atoms with E-state index in [0.717, 1.165) is 17.5 Å². The Morgan fingerprint density at radius 2 is 1.71 bits per heavy atom. The number of aromatic carboxylic acids is 1. The molecule has 0 aliphatic rings. The van der Waals surface area contributed by atoms with Crippen LogP contribution in [-0.4, -0.2) is 44.2 Å². The van der Waals surface area contributed by atoms with Gasteiger partial charge >= 0.3 is 5.97 Å². The fourth-order valence-corrected chi connectivity index (χ4v) is 5.04. The summed E-state index contributed by atoms with van der Waals surface area (Å²) >= 11 is 5.96. The van der Waals surface area contributed by atoms with Gasteiger partial charge in [0.05, 0.1) is 21.5 Å². The quantitative estimate of drug-likeness (QED) is 0.261. The van der Waals surface area contributed by atoms with Crippen molar-refractivity contribution in [1.82, 2.24) is 5.32 Å². The highest BCUT2D eigenvalue weighted by atomic mass is 35.5. The van der Waals surface area contributed by atoms with Crippen molar-refractivity contribution in [2.24, 2.45) is 0 Å². The maximum Gasteiger partial charge on any atom is 0.337 e. The van der Waals surface area contributed by atoms with Crippen molar-refractivity contribution >= 4 is 33.1 Å². The smallest absolute Gasteiger partial charge is 0.337 e. The van der Waals surface area contributed by atoms with E-state index in [2.05, 4.69) is 10.6 Å². The molecule has 0 saturated carbocycles. The van der Waals surface area contributed by atoms with E-state index >= 15 is 0 Å². The summed E-state index contributed by atoms with van der Waals surface area (Å²) in [5, 5.41) is 26.5. The Kier molecular flexibility index (Phi) is 9.28. The Hall–Kier alpha value is -2.91. The molecule has 3 aromatic rings. The minimum absolute atomic E-state index is 0.0682. The van der Waals surface area contributed by atoms with Crippen LogP contribution < -0.4 is 10.6 Å². The molecule has 1 atom stereocenters. The van der Waals surface area contributed by atoms with Crippen LogP contribution in [0.15, 0.2) is 76.5 Å². The Morgan fingerprint density at radius 3 is 2.37 bits per heavy atom. The van der Waals surface area contributed by atoms with Gasteiger partial charge in [0.25, 0.3) is 0 Å². The topological polar surface area (TPSA) is 116 Å². The molecule has 9 heteroatoms. The lowest BCUT2D eigenvalue weighted by atomic mass is 10.1. The van der Waals surface area contributed by atoms with Crippen LogP contribution in [0.5, 0.6) is 0 Å². The van der Waals surface area contributed by atoms with Gasteiger partial charge in [0.15, 0.2) is 0 Å². The number of benzene rings is 3. The van der Waals surface area contributed by atoms with Gasteiger partial charge < -0.3 is 20.8 Å². The minimum Gasteiger partial charge on any atom is -0.478 e. The van der Waals surface area contributed by atoms with Crippen molar-refractivity contribution < 1.29 is 23.4 Å². The number of anilines is 1. The molecular weight excluding hydrogens is 488 g/mol. The van der Waals surface area contributed by atoms with E-state index in [4.69, 9.17) is 11.6 Å². The zero-order chi connectivity index (χ0) is 25.4. The molecule has 0 amide bonds. The molecule has 3 rings (SSSR count). The lowest BCUT2D eigenvalue weighted by molar-refractivity contribution is 0.0697. The normalized spacial score (nSPS) is 12.3. The second kappa shape index (κ2) is 12.2. The van der Waals surface area contributed by atoms with Gasteiger partial charge in [-0.2, -0.15) is 0 Å². The molecule has 186 valence electrons. The van der Waals surface area contributed by atoms with Gasteiger partial charge in [-0.25, -0.2) is 13.2 Å². The number of nitrogens with one attached hydrogen (secondary N) is 2. The Morgan fingerprint density at radius 1 is 1.00 bits per heavy atom. The highest BCUT2D eigenvalue weighted by Crippen LogP contribution is 2.26. The SMILES string of the molecule is CCCNc1ccc(S(=O)(=O)c2ccc(CCNC[C@@H](O)c3cccc(Cl)c3)cc2)cc1C(=O)O. The second-order valence-electron chi connectivity index (χ2n) is 8.11. The van der Waals surface area contributed by atoms with Crippen molar-refractivity contribution in [2.45, 2.75) is 35.7 Å². The van der Waals surface area contributed by atoms with Crippen molar-refractivity contribution in [3.63, 3.8) is 0 Å². The summed E-state index contributed by atoms with van der Waals surface area (Å²) in [4.78, 5) is 11.7. The highest BCUT2D eigenvalue weighted by Gasteiger charge is 2.21. The van der Waals surface area contributed by atoms with E-state index < -0.39 is 21.9 Å². The highest BCUT2D eigenvalue weighted by molar-refractivity contribution is 7.91. The van der Waals surface area contributed by atoms with Crippen LogP contribution in [-0.2, 0) is 16.3 Å². The van der Waals surface area contributed by atoms with Crippen molar-refractivity contribution in [3.05, 3.63) is 88.4 Å². The Labute approximate surface area is 210 Å². The van der Waals surface area contributed by atoms with E-state index in [1.165, 1.54) is 30.3 Å². The first-order valence-corrected chi connectivity index (χ1v) is 13.2. The third-order valence-corrected chi connectivity index (χ3v) is 7.49. The average Bonchev–Trinajstić information content (AvgIpc) is 2.85. The molecule has 4 N–H and O–H groups in total. The van der Waals surface area contributed by atoms with Crippen LogP contribution in [0.4, 0.5) is 5.69 Å². The molecule has 0 unspecified atom stereocenters. The van der Waals surface area contributed by atoms with Crippen molar-refractivity contribution in [3.8, 4) is 0 Å². The van der Waals surface area contributed by atoms with Crippen LogP contribution in [0.25, 0.3) is 0 Å². The van der Waals surface area contributed by atoms with Crippen LogP contribution in [0.2, 0.25) is 5.02 Å². The number of hydrogen-bond donors (Lipinski definition) is 4. The van der Waals surface area contributed by atoms with Gasteiger partial charge in [0.1, 0.15) is 0 Å². The van der Waals surface area contributed by atoms with E-state index in [0.29, 0.717) is 36.8 Å². The molecule has 0 bridgehead atoms. The van der Waals surface area contributed by atoms with Gasteiger partial charge in [-0.3, -0.25) is 0 Å². The Bertz CT molecular complexity index is 1260. The molecule has 35 heavy (non-hydrogen) atoms.